The third-order valence-corrected chi connectivity index (χ3v) is 3.85. The van der Waals surface area contributed by atoms with Gasteiger partial charge >= 0.3 is 0 Å². The zero-order valence-electron chi connectivity index (χ0n) is 12.0. The first-order valence-electron chi connectivity index (χ1n) is 7.19. The molecule has 1 aromatic heterocycles. The van der Waals surface area contributed by atoms with E-state index in [0.717, 1.165) is 30.0 Å². The summed E-state index contributed by atoms with van der Waals surface area (Å²) >= 11 is 0. The maximum atomic E-state index is 12.4. The van der Waals surface area contributed by atoms with Gasteiger partial charge in [0.15, 0.2) is 0 Å². The quantitative estimate of drug-likeness (QED) is 0.881. The molecule has 2 aromatic rings. The van der Waals surface area contributed by atoms with Crippen molar-refractivity contribution >= 4 is 11.6 Å². The SMILES string of the molecule is Cn1cnnc1CCNC(=O)C1CCNc2ccccc21. The van der Waals surface area contributed by atoms with Gasteiger partial charge in [-0.25, -0.2) is 0 Å². The molecule has 6 heteroatoms. The lowest BCUT2D eigenvalue weighted by molar-refractivity contribution is -0.122. The van der Waals surface area contributed by atoms with E-state index in [9.17, 15) is 4.79 Å². The Hall–Kier alpha value is -2.37. The minimum atomic E-state index is -0.0676. The Bertz CT molecular complexity index is 636. The second kappa shape index (κ2) is 5.95. The highest BCUT2D eigenvalue weighted by molar-refractivity contribution is 5.86. The van der Waals surface area contributed by atoms with Crippen LogP contribution in [0.5, 0.6) is 0 Å². The maximum Gasteiger partial charge on any atom is 0.227 e. The van der Waals surface area contributed by atoms with Crippen LogP contribution in [0.4, 0.5) is 5.69 Å². The number of amides is 1. The highest BCUT2D eigenvalue weighted by Gasteiger charge is 2.25. The zero-order chi connectivity index (χ0) is 14.7. The summed E-state index contributed by atoms with van der Waals surface area (Å²) in [4.78, 5) is 12.4. The number of carbonyl (C=O) groups excluding carboxylic acids is 1. The van der Waals surface area contributed by atoms with Crippen LogP contribution in [-0.4, -0.2) is 33.8 Å². The number of fused-ring (bicyclic) bond motifs is 1. The molecule has 0 bridgehead atoms. The van der Waals surface area contributed by atoms with Crippen LogP contribution in [0.25, 0.3) is 0 Å². The van der Waals surface area contributed by atoms with Crippen LogP contribution in [-0.2, 0) is 18.3 Å². The number of para-hydroxylation sites is 1. The summed E-state index contributed by atoms with van der Waals surface area (Å²) in [6, 6.07) is 8.01. The topological polar surface area (TPSA) is 71.8 Å². The first kappa shape index (κ1) is 13.6. The van der Waals surface area contributed by atoms with Crippen molar-refractivity contribution in [2.45, 2.75) is 18.8 Å². The molecular weight excluding hydrogens is 266 g/mol. The molecule has 0 saturated heterocycles. The summed E-state index contributed by atoms with van der Waals surface area (Å²) in [6.45, 7) is 1.41. The lowest BCUT2D eigenvalue weighted by Crippen LogP contribution is -2.34. The smallest absolute Gasteiger partial charge is 0.227 e. The molecule has 6 nitrogen and oxygen atoms in total. The van der Waals surface area contributed by atoms with Gasteiger partial charge in [0.2, 0.25) is 5.91 Å². The molecule has 0 fully saturated rings. The number of rotatable bonds is 4. The number of nitrogens with one attached hydrogen (secondary N) is 2. The van der Waals surface area contributed by atoms with Crippen molar-refractivity contribution in [1.82, 2.24) is 20.1 Å². The van der Waals surface area contributed by atoms with Crippen LogP contribution in [0.2, 0.25) is 0 Å². The van der Waals surface area contributed by atoms with Crippen LogP contribution in [0.1, 0.15) is 23.7 Å². The fourth-order valence-electron chi connectivity index (χ4n) is 2.70. The molecule has 0 saturated carbocycles. The Morgan fingerprint density at radius 3 is 3.14 bits per heavy atom. The molecule has 1 amide bonds. The van der Waals surface area contributed by atoms with Crippen molar-refractivity contribution in [3.63, 3.8) is 0 Å². The maximum absolute atomic E-state index is 12.4. The fraction of sp³-hybridized carbons (Fsp3) is 0.400. The zero-order valence-corrected chi connectivity index (χ0v) is 12.0. The van der Waals surface area contributed by atoms with Gasteiger partial charge < -0.3 is 15.2 Å². The van der Waals surface area contributed by atoms with E-state index in [1.54, 1.807) is 6.33 Å². The number of carbonyl (C=O) groups is 1. The Morgan fingerprint density at radius 1 is 1.48 bits per heavy atom. The second-order valence-corrected chi connectivity index (χ2v) is 5.25. The minimum Gasteiger partial charge on any atom is -0.385 e. The van der Waals surface area contributed by atoms with E-state index in [1.807, 2.05) is 35.9 Å². The molecule has 0 aliphatic carbocycles. The lowest BCUT2D eigenvalue weighted by Gasteiger charge is -2.25. The van der Waals surface area contributed by atoms with Gasteiger partial charge in [-0.2, -0.15) is 0 Å². The third kappa shape index (κ3) is 2.89. The molecule has 110 valence electrons. The van der Waals surface area contributed by atoms with E-state index in [0.29, 0.717) is 13.0 Å². The number of aromatic nitrogens is 3. The van der Waals surface area contributed by atoms with Crippen LogP contribution in [0, 0.1) is 0 Å². The van der Waals surface area contributed by atoms with Crippen molar-refractivity contribution in [2.24, 2.45) is 7.05 Å². The predicted octanol–water partition coefficient (Wildman–Crippen LogP) is 1.07. The standard InChI is InChI=1S/C15H19N5O/c1-20-10-18-19-14(20)7-9-17-15(21)12-6-8-16-13-5-3-2-4-11(12)13/h2-5,10,12,16H,6-9H2,1H3,(H,17,21). The number of anilines is 1. The van der Waals surface area contributed by atoms with Crippen LogP contribution >= 0.6 is 0 Å². The van der Waals surface area contributed by atoms with E-state index in [-0.39, 0.29) is 11.8 Å². The van der Waals surface area contributed by atoms with Crippen LogP contribution < -0.4 is 10.6 Å². The Morgan fingerprint density at radius 2 is 2.33 bits per heavy atom. The summed E-state index contributed by atoms with van der Waals surface area (Å²) < 4.78 is 1.87. The largest absolute Gasteiger partial charge is 0.385 e. The Labute approximate surface area is 123 Å². The average Bonchev–Trinajstić information content (AvgIpc) is 2.92. The summed E-state index contributed by atoms with van der Waals surface area (Å²) in [5, 5.41) is 14.2. The van der Waals surface area contributed by atoms with E-state index in [2.05, 4.69) is 20.8 Å². The molecule has 2 N–H and O–H groups in total. The van der Waals surface area contributed by atoms with Crippen molar-refractivity contribution < 1.29 is 4.79 Å². The summed E-state index contributed by atoms with van der Waals surface area (Å²) in [6.07, 6.45) is 3.18. The predicted molar refractivity (Wildman–Crippen MR) is 80.0 cm³/mol. The number of nitrogens with zero attached hydrogens (tertiary/aromatic N) is 3. The third-order valence-electron chi connectivity index (χ3n) is 3.85. The highest BCUT2D eigenvalue weighted by Crippen LogP contribution is 2.31. The molecule has 1 atom stereocenters. The fourth-order valence-corrected chi connectivity index (χ4v) is 2.70. The van der Waals surface area contributed by atoms with Crippen LogP contribution in [0.15, 0.2) is 30.6 Å². The normalized spacial score (nSPS) is 16.9. The van der Waals surface area contributed by atoms with Crippen molar-refractivity contribution in [1.29, 1.82) is 0 Å². The monoisotopic (exact) mass is 285 g/mol. The first-order valence-corrected chi connectivity index (χ1v) is 7.19. The molecule has 0 radical (unpaired) electrons. The molecule has 2 heterocycles. The van der Waals surface area contributed by atoms with Gasteiger partial charge in [0, 0.05) is 32.2 Å². The molecule has 1 aromatic carbocycles. The van der Waals surface area contributed by atoms with Crippen molar-refractivity contribution in [3.8, 4) is 0 Å². The molecule has 21 heavy (non-hydrogen) atoms. The molecular formula is C15H19N5O. The number of aryl methyl sites for hydroxylation is 1. The highest BCUT2D eigenvalue weighted by atomic mass is 16.1. The lowest BCUT2D eigenvalue weighted by atomic mass is 9.90. The van der Waals surface area contributed by atoms with Gasteiger partial charge in [-0.15, -0.1) is 10.2 Å². The van der Waals surface area contributed by atoms with Gasteiger partial charge in [0.1, 0.15) is 12.2 Å². The average molecular weight is 285 g/mol. The minimum absolute atomic E-state index is 0.0676. The van der Waals surface area contributed by atoms with Crippen molar-refractivity contribution in [2.75, 3.05) is 18.4 Å². The van der Waals surface area contributed by atoms with E-state index < -0.39 is 0 Å². The van der Waals surface area contributed by atoms with Gasteiger partial charge in [0.25, 0.3) is 0 Å². The van der Waals surface area contributed by atoms with Gasteiger partial charge in [-0.1, -0.05) is 18.2 Å². The van der Waals surface area contributed by atoms with E-state index in [1.165, 1.54) is 0 Å². The van der Waals surface area contributed by atoms with E-state index >= 15 is 0 Å². The number of benzene rings is 1. The first-order chi connectivity index (χ1) is 10.3. The summed E-state index contributed by atoms with van der Waals surface area (Å²) in [7, 11) is 1.90. The summed E-state index contributed by atoms with van der Waals surface area (Å²) in [5.74, 6) is 0.897. The van der Waals surface area contributed by atoms with Gasteiger partial charge in [0.05, 0.1) is 5.92 Å². The Kier molecular flexibility index (Phi) is 3.85. The second-order valence-electron chi connectivity index (χ2n) is 5.25. The molecule has 1 aliphatic heterocycles. The van der Waals surface area contributed by atoms with Crippen LogP contribution in [0.3, 0.4) is 0 Å². The summed E-state index contributed by atoms with van der Waals surface area (Å²) in [5.41, 5.74) is 2.15. The van der Waals surface area contributed by atoms with Gasteiger partial charge in [-0.3, -0.25) is 4.79 Å². The van der Waals surface area contributed by atoms with Gasteiger partial charge in [-0.05, 0) is 18.1 Å². The number of hydrogen-bond donors (Lipinski definition) is 2. The molecule has 1 aliphatic rings. The van der Waals surface area contributed by atoms with E-state index in [4.69, 9.17) is 0 Å². The molecule has 1 unspecified atom stereocenters. The Balaban J connectivity index is 1.60. The molecule has 0 spiro atoms. The van der Waals surface area contributed by atoms with Crippen molar-refractivity contribution in [3.05, 3.63) is 42.0 Å². The number of hydrogen-bond acceptors (Lipinski definition) is 4. The molecule has 3 rings (SSSR count).